The Hall–Kier alpha value is -2.61. The van der Waals surface area contributed by atoms with Gasteiger partial charge in [-0.05, 0) is 50.1 Å². The summed E-state index contributed by atoms with van der Waals surface area (Å²) >= 11 is 0. The van der Waals surface area contributed by atoms with Crippen LogP contribution in [0.1, 0.15) is 29.5 Å². The minimum absolute atomic E-state index is 0.255. The van der Waals surface area contributed by atoms with Crippen molar-refractivity contribution in [2.24, 2.45) is 5.92 Å². The van der Waals surface area contributed by atoms with Gasteiger partial charge < -0.3 is 9.84 Å². The summed E-state index contributed by atoms with van der Waals surface area (Å²) in [5.41, 5.74) is 0.335. The third-order valence-electron chi connectivity index (χ3n) is 4.02. The molecule has 1 aliphatic carbocycles. The average Bonchev–Trinajstić information content (AvgIpc) is 3.37. The molecule has 2 aromatic carbocycles. The molecular weight excluding hydrogens is 300 g/mol. The van der Waals surface area contributed by atoms with Gasteiger partial charge in [-0.3, -0.25) is 0 Å². The molecule has 0 amide bonds. The molecule has 5 heteroatoms. The van der Waals surface area contributed by atoms with Crippen LogP contribution in [-0.4, -0.2) is 5.11 Å². The lowest BCUT2D eigenvalue weighted by atomic mass is 10.00. The quantitative estimate of drug-likeness (QED) is 0.876. The number of nitrogens with zero attached hydrogens (tertiary/aromatic N) is 1. The molecule has 0 heterocycles. The Morgan fingerprint density at radius 2 is 2.00 bits per heavy atom. The lowest BCUT2D eigenvalue weighted by Crippen LogP contribution is -2.16. The number of phenols is 1. The van der Waals surface area contributed by atoms with Crippen molar-refractivity contribution >= 4 is 0 Å². The zero-order valence-electron chi connectivity index (χ0n) is 12.5. The fraction of sp³-hybridized carbons (Fsp3) is 0.278. The number of hydrogen-bond acceptors (Lipinski definition) is 3. The first-order chi connectivity index (χ1) is 10.9. The van der Waals surface area contributed by atoms with E-state index in [1.807, 2.05) is 6.07 Å². The third kappa shape index (κ3) is 2.85. The lowest BCUT2D eigenvalue weighted by molar-refractivity contribution is -0.0305. The number of benzene rings is 2. The normalized spacial score (nSPS) is 14.3. The lowest BCUT2D eigenvalue weighted by Gasteiger charge is -2.20. The minimum Gasteiger partial charge on any atom is -0.507 e. The summed E-state index contributed by atoms with van der Waals surface area (Å²) in [4.78, 5) is 0. The Balaban J connectivity index is 1.92. The molecule has 1 aliphatic rings. The molecule has 0 spiro atoms. The van der Waals surface area contributed by atoms with E-state index in [1.54, 1.807) is 24.3 Å². The maximum absolute atomic E-state index is 14.2. The summed E-state index contributed by atoms with van der Waals surface area (Å²) in [7, 11) is 0. The Bertz CT molecular complexity index is 792. The molecule has 0 aliphatic heterocycles. The first kappa shape index (κ1) is 15.3. The molecule has 0 radical (unpaired) electrons. The summed E-state index contributed by atoms with van der Waals surface area (Å²) in [5, 5.41) is 19.0. The van der Waals surface area contributed by atoms with Gasteiger partial charge in [-0.2, -0.15) is 5.26 Å². The predicted octanol–water partition coefficient (Wildman–Crippen LogP) is 4.87. The van der Waals surface area contributed by atoms with Crippen molar-refractivity contribution in [1.82, 2.24) is 0 Å². The topological polar surface area (TPSA) is 53.2 Å². The van der Waals surface area contributed by atoms with Crippen LogP contribution in [0.2, 0.25) is 0 Å². The summed E-state index contributed by atoms with van der Waals surface area (Å²) < 4.78 is 34.0. The highest BCUT2D eigenvalue weighted by molar-refractivity contribution is 5.52. The number of ether oxygens (including phenoxy) is 1. The van der Waals surface area contributed by atoms with Crippen LogP contribution in [0.5, 0.6) is 17.2 Å². The van der Waals surface area contributed by atoms with Gasteiger partial charge in [0.2, 0.25) is 0 Å². The Kier molecular flexibility index (Phi) is 3.69. The molecule has 2 aromatic rings. The number of alkyl halides is 2. The summed E-state index contributed by atoms with van der Waals surface area (Å²) in [6, 6.07) is 11.1. The van der Waals surface area contributed by atoms with Crippen molar-refractivity contribution in [3.63, 3.8) is 0 Å². The molecule has 0 bridgehead atoms. The molecule has 0 saturated heterocycles. The van der Waals surface area contributed by atoms with Crippen LogP contribution in [-0.2, 0) is 5.92 Å². The summed E-state index contributed by atoms with van der Waals surface area (Å²) in [6.45, 7) is 1.53. The molecule has 23 heavy (non-hydrogen) atoms. The van der Waals surface area contributed by atoms with E-state index in [1.165, 1.54) is 19.1 Å². The second-order valence-corrected chi connectivity index (χ2v) is 5.72. The number of nitriles is 1. The highest BCUT2D eigenvalue weighted by atomic mass is 19.3. The fourth-order valence-electron chi connectivity index (χ4n) is 2.48. The monoisotopic (exact) mass is 315 g/mol. The van der Waals surface area contributed by atoms with Crippen LogP contribution in [0, 0.1) is 24.2 Å². The van der Waals surface area contributed by atoms with Crippen LogP contribution in [0.15, 0.2) is 36.4 Å². The second kappa shape index (κ2) is 5.54. The fourth-order valence-corrected chi connectivity index (χ4v) is 2.48. The van der Waals surface area contributed by atoms with E-state index in [0.717, 1.165) is 0 Å². The van der Waals surface area contributed by atoms with E-state index in [9.17, 15) is 13.9 Å². The molecule has 0 unspecified atom stereocenters. The number of phenolic OH excluding ortho intramolecular Hbond substituents is 1. The number of rotatable bonds is 4. The molecule has 0 aromatic heterocycles. The minimum atomic E-state index is -3.02. The molecule has 3 nitrogen and oxygen atoms in total. The van der Waals surface area contributed by atoms with Crippen LogP contribution in [0.25, 0.3) is 0 Å². The van der Waals surface area contributed by atoms with Crippen LogP contribution >= 0.6 is 0 Å². The van der Waals surface area contributed by atoms with Crippen molar-refractivity contribution < 1.29 is 18.6 Å². The van der Waals surface area contributed by atoms with Gasteiger partial charge in [0.15, 0.2) is 0 Å². The highest BCUT2D eigenvalue weighted by Gasteiger charge is 2.49. The molecule has 3 rings (SSSR count). The van der Waals surface area contributed by atoms with Crippen LogP contribution in [0.3, 0.4) is 0 Å². The van der Waals surface area contributed by atoms with Crippen molar-refractivity contribution in [1.29, 1.82) is 5.26 Å². The van der Waals surface area contributed by atoms with Gasteiger partial charge in [-0.1, -0.05) is 6.07 Å². The first-order valence-electron chi connectivity index (χ1n) is 7.32. The molecular formula is C18H15F2NO2. The van der Waals surface area contributed by atoms with E-state index in [2.05, 4.69) is 0 Å². The molecule has 1 saturated carbocycles. The zero-order valence-corrected chi connectivity index (χ0v) is 12.5. The van der Waals surface area contributed by atoms with E-state index in [-0.39, 0.29) is 16.9 Å². The van der Waals surface area contributed by atoms with E-state index in [4.69, 9.17) is 10.00 Å². The second-order valence-electron chi connectivity index (χ2n) is 5.72. The van der Waals surface area contributed by atoms with Crippen molar-refractivity contribution in [2.75, 3.05) is 0 Å². The van der Waals surface area contributed by atoms with Gasteiger partial charge in [0.25, 0.3) is 5.92 Å². The van der Waals surface area contributed by atoms with E-state index < -0.39 is 17.6 Å². The smallest absolute Gasteiger partial charge is 0.279 e. The summed E-state index contributed by atoms with van der Waals surface area (Å²) in [6.07, 6.45) is 0.954. The Morgan fingerprint density at radius 3 is 2.65 bits per heavy atom. The number of hydrogen-bond donors (Lipinski definition) is 1. The third-order valence-corrected chi connectivity index (χ3v) is 4.02. The maximum Gasteiger partial charge on any atom is 0.279 e. The van der Waals surface area contributed by atoms with E-state index in [0.29, 0.717) is 24.2 Å². The van der Waals surface area contributed by atoms with Gasteiger partial charge in [-0.25, -0.2) is 8.78 Å². The van der Waals surface area contributed by atoms with Gasteiger partial charge >= 0.3 is 0 Å². The zero-order chi connectivity index (χ0) is 16.6. The van der Waals surface area contributed by atoms with Crippen LogP contribution < -0.4 is 4.74 Å². The van der Waals surface area contributed by atoms with Gasteiger partial charge in [0.1, 0.15) is 17.2 Å². The van der Waals surface area contributed by atoms with Gasteiger partial charge in [0.05, 0.1) is 17.2 Å². The molecule has 118 valence electrons. The standard InChI is InChI=1S/C18H15F2NO2/c1-11-16(23-14-4-2-3-12(9-14)10-21)8-7-15(17(11)22)18(19,20)13-5-6-13/h2-4,7-9,13,22H,5-6H2,1H3. The van der Waals surface area contributed by atoms with Crippen molar-refractivity contribution in [2.45, 2.75) is 25.7 Å². The Labute approximate surface area is 132 Å². The van der Waals surface area contributed by atoms with Crippen LogP contribution in [0.4, 0.5) is 8.78 Å². The predicted molar refractivity (Wildman–Crippen MR) is 80.7 cm³/mol. The average molecular weight is 315 g/mol. The van der Waals surface area contributed by atoms with Gasteiger partial charge in [-0.15, -0.1) is 0 Å². The molecule has 1 N–H and O–H groups in total. The Morgan fingerprint density at radius 1 is 1.26 bits per heavy atom. The largest absolute Gasteiger partial charge is 0.507 e. The first-order valence-corrected chi connectivity index (χ1v) is 7.32. The number of aromatic hydroxyl groups is 1. The molecule has 1 fully saturated rings. The summed E-state index contributed by atoms with van der Waals surface area (Å²) in [5.74, 6) is -3.45. The van der Waals surface area contributed by atoms with Crippen molar-refractivity contribution in [3.05, 3.63) is 53.1 Å². The molecule has 0 atom stereocenters. The van der Waals surface area contributed by atoms with Crippen molar-refractivity contribution in [3.8, 4) is 23.3 Å². The SMILES string of the molecule is Cc1c(Oc2cccc(C#N)c2)ccc(C(F)(F)C2CC2)c1O. The maximum atomic E-state index is 14.2. The number of halogens is 2. The highest BCUT2D eigenvalue weighted by Crippen LogP contribution is 2.53. The van der Waals surface area contributed by atoms with E-state index >= 15 is 0 Å². The van der Waals surface area contributed by atoms with Gasteiger partial charge in [0, 0.05) is 11.5 Å².